The van der Waals surface area contributed by atoms with Gasteiger partial charge >= 0.3 is 6.18 Å². The van der Waals surface area contributed by atoms with Crippen molar-refractivity contribution >= 4 is 5.91 Å². The van der Waals surface area contributed by atoms with Gasteiger partial charge in [0.1, 0.15) is 6.04 Å². The molecular weight excluding hydrogens is 171 g/mol. The SMILES string of the molecule is O=C1CCCCC(C(F)(F)F)N1. The monoisotopic (exact) mass is 181 g/mol. The second-order valence-corrected chi connectivity index (χ2v) is 2.91. The van der Waals surface area contributed by atoms with E-state index < -0.39 is 18.1 Å². The van der Waals surface area contributed by atoms with Crippen LogP contribution in [0.3, 0.4) is 0 Å². The Morgan fingerprint density at radius 1 is 1.33 bits per heavy atom. The van der Waals surface area contributed by atoms with Crippen LogP contribution in [-0.2, 0) is 4.79 Å². The Labute approximate surface area is 68.1 Å². The van der Waals surface area contributed by atoms with Crippen molar-refractivity contribution in [3.8, 4) is 0 Å². The highest BCUT2D eigenvalue weighted by atomic mass is 19.4. The van der Waals surface area contributed by atoms with Crippen molar-refractivity contribution in [2.45, 2.75) is 37.9 Å². The van der Waals surface area contributed by atoms with Crippen molar-refractivity contribution < 1.29 is 18.0 Å². The van der Waals surface area contributed by atoms with Gasteiger partial charge in [0, 0.05) is 6.42 Å². The molecule has 70 valence electrons. The molecule has 1 fully saturated rings. The molecule has 1 atom stereocenters. The molecule has 0 radical (unpaired) electrons. The molecule has 1 amide bonds. The Kier molecular flexibility index (Phi) is 2.59. The molecule has 0 aliphatic carbocycles. The van der Waals surface area contributed by atoms with Crippen LogP contribution in [0.15, 0.2) is 0 Å². The maximum atomic E-state index is 12.1. The van der Waals surface area contributed by atoms with Gasteiger partial charge in [-0.25, -0.2) is 0 Å². The van der Waals surface area contributed by atoms with Gasteiger partial charge in [-0.15, -0.1) is 0 Å². The van der Waals surface area contributed by atoms with Crippen molar-refractivity contribution in [3.05, 3.63) is 0 Å². The third-order valence-electron chi connectivity index (χ3n) is 1.88. The average molecular weight is 181 g/mol. The first-order valence-corrected chi connectivity index (χ1v) is 3.86. The van der Waals surface area contributed by atoms with Crippen LogP contribution in [0.4, 0.5) is 13.2 Å². The van der Waals surface area contributed by atoms with Crippen molar-refractivity contribution in [2.75, 3.05) is 0 Å². The quantitative estimate of drug-likeness (QED) is 0.604. The van der Waals surface area contributed by atoms with Crippen LogP contribution >= 0.6 is 0 Å². The molecule has 0 aromatic rings. The van der Waals surface area contributed by atoms with Crippen LogP contribution in [0.25, 0.3) is 0 Å². The normalized spacial score (nSPS) is 26.2. The van der Waals surface area contributed by atoms with Gasteiger partial charge in [0.2, 0.25) is 5.91 Å². The molecule has 0 aromatic heterocycles. The van der Waals surface area contributed by atoms with E-state index in [1.165, 1.54) is 0 Å². The van der Waals surface area contributed by atoms with Crippen molar-refractivity contribution in [2.24, 2.45) is 0 Å². The molecule has 5 heteroatoms. The maximum absolute atomic E-state index is 12.1. The summed E-state index contributed by atoms with van der Waals surface area (Å²) in [5, 5.41) is 1.95. The highest BCUT2D eigenvalue weighted by Crippen LogP contribution is 2.25. The lowest BCUT2D eigenvalue weighted by Gasteiger charge is -2.18. The first-order chi connectivity index (χ1) is 5.50. The number of amides is 1. The number of carbonyl (C=O) groups is 1. The standard InChI is InChI=1S/C7H10F3NO/c8-7(9,10)5-3-1-2-4-6(12)11-5/h5H,1-4H2,(H,11,12). The van der Waals surface area contributed by atoms with Gasteiger partial charge in [-0.2, -0.15) is 13.2 Å². The lowest BCUT2D eigenvalue weighted by Crippen LogP contribution is -2.43. The Bertz CT molecular complexity index is 178. The van der Waals surface area contributed by atoms with E-state index in [9.17, 15) is 18.0 Å². The third-order valence-corrected chi connectivity index (χ3v) is 1.88. The van der Waals surface area contributed by atoms with E-state index in [2.05, 4.69) is 0 Å². The van der Waals surface area contributed by atoms with Crippen LogP contribution in [0.2, 0.25) is 0 Å². The summed E-state index contributed by atoms with van der Waals surface area (Å²) in [7, 11) is 0. The smallest absolute Gasteiger partial charge is 0.344 e. The van der Waals surface area contributed by atoms with E-state index >= 15 is 0 Å². The third kappa shape index (κ3) is 2.39. The zero-order valence-electron chi connectivity index (χ0n) is 6.45. The topological polar surface area (TPSA) is 29.1 Å². The first kappa shape index (κ1) is 9.35. The van der Waals surface area contributed by atoms with Gasteiger partial charge in [-0.3, -0.25) is 4.79 Å². The predicted octanol–water partition coefficient (Wildman–Crippen LogP) is 1.61. The average Bonchev–Trinajstić information content (AvgIpc) is 2.11. The molecule has 1 aliphatic rings. The Hall–Kier alpha value is -0.740. The van der Waals surface area contributed by atoms with Gasteiger partial charge in [-0.1, -0.05) is 6.42 Å². The second kappa shape index (κ2) is 3.33. The number of hydrogen-bond donors (Lipinski definition) is 1. The summed E-state index contributed by atoms with van der Waals surface area (Å²) in [6.07, 6.45) is -3.05. The molecule has 0 bridgehead atoms. The zero-order chi connectivity index (χ0) is 9.19. The van der Waals surface area contributed by atoms with Crippen LogP contribution in [0, 0.1) is 0 Å². The number of alkyl halides is 3. The maximum Gasteiger partial charge on any atom is 0.408 e. The van der Waals surface area contributed by atoms with E-state index in [1.807, 2.05) is 5.32 Å². The van der Waals surface area contributed by atoms with Crippen molar-refractivity contribution in [3.63, 3.8) is 0 Å². The second-order valence-electron chi connectivity index (χ2n) is 2.91. The molecule has 1 unspecified atom stereocenters. The summed E-state index contributed by atoms with van der Waals surface area (Å²) in [6, 6.07) is -1.63. The lowest BCUT2D eigenvalue weighted by molar-refractivity contribution is -0.161. The summed E-state index contributed by atoms with van der Waals surface area (Å²) < 4.78 is 36.2. The van der Waals surface area contributed by atoms with E-state index in [4.69, 9.17) is 0 Å². The Balaban J connectivity index is 2.58. The van der Waals surface area contributed by atoms with Crippen LogP contribution in [0.5, 0.6) is 0 Å². The molecule has 12 heavy (non-hydrogen) atoms. The van der Waals surface area contributed by atoms with Gasteiger partial charge < -0.3 is 5.32 Å². The molecule has 1 rings (SSSR count). The van der Waals surface area contributed by atoms with Crippen LogP contribution < -0.4 is 5.32 Å². The summed E-state index contributed by atoms with van der Waals surface area (Å²) in [5.74, 6) is -0.491. The summed E-state index contributed by atoms with van der Waals surface area (Å²) in [4.78, 5) is 10.7. The van der Waals surface area contributed by atoms with Crippen molar-refractivity contribution in [1.82, 2.24) is 5.32 Å². The number of nitrogens with one attached hydrogen (secondary N) is 1. The molecule has 0 saturated carbocycles. The largest absolute Gasteiger partial charge is 0.408 e. The van der Waals surface area contributed by atoms with Gasteiger partial charge in [0.25, 0.3) is 0 Å². The minimum atomic E-state index is -4.29. The van der Waals surface area contributed by atoms with E-state index in [0.29, 0.717) is 12.8 Å². The van der Waals surface area contributed by atoms with E-state index in [0.717, 1.165) is 0 Å². The predicted molar refractivity (Wildman–Crippen MR) is 36.5 cm³/mol. The minimum Gasteiger partial charge on any atom is -0.344 e. The number of carbonyl (C=O) groups excluding carboxylic acids is 1. The number of rotatable bonds is 0. The molecule has 1 heterocycles. The Morgan fingerprint density at radius 2 is 2.00 bits per heavy atom. The molecule has 0 aromatic carbocycles. The van der Waals surface area contributed by atoms with Crippen LogP contribution in [0.1, 0.15) is 25.7 Å². The molecule has 1 N–H and O–H groups in total. The van der Waals surface area contributed by atoms with E-state index in [1.54, 1.807) is 0 Å². The molecular formula is C7H10F3NO. The highest BCUT2D eigenvalue weighted by molar-refractivity contribution is 5.76. The minimum absolute atomic E-state index is 0.00917. The number of halogens is 3. The first-order valence-electron chi connectivity index (χ1n) is 3.86. The van der Waals surface area contributed by atoms with Crippen molar-refractivity contribution in [1.29, 1.82) is 0 Å². The van der Waals surface area contributed by atoms with E-state index in [-0.39, 0.29) is 12.8 Å². The van der Waals surface area contributed by atoms with Crippen LogP contribution in [-0.4, -0.2) is 18.1 Å². The molecule has 2 nitrogen and oxygen atoms in total. The van der Waals surface area contributed by atoms with Gasteiger partial charge in [-0.05, 0) is 12.8 Å². The summed E-state index contributed by atoms with van der Waals surface area (Å²) in [5.41, 5.74) is 0. The molecule has 1 aliphatic heterocycles. The lowest BCUT2D eigenvalue weighted by atomic mass is 10.1. The zero-order valence-corrected chi connectivity index (χ0v) is 6.45. The fourth-order valence-corrected chi connectivity index (χ4v) is 1.22. The van der Waals surface area contributed by atoms with Gasteiger partial charge in [0.15, 0.2) is 0 Å². The summed E-state index contributed by atoms with van der Waals surface area (Å²) in [6.45, 7) is 0. The molecule has 0 spiro atoms. The Morgan fingerprint density at radius 3 is 2.58 bits per heavy atom. The fraction of sp³-hybridized carbons (Fsp3) is 0.857. The van der Waals surface area contributed by atoms with Gasteiger partial charge in [0.05, 0.1) is 0 Å². The summed E-state index contributed by atoms with van der Waals surface area (Å²) >= 11 is 0. The number of hydrogen-bond acceptors (Lipinski definition) is 1. The fourth-order valence-electron chi connectivity index (χ4n) is 1.22. The highest BCUT2D eigenvalue weighted by Gasteiger charge is 2.40. The molecule has 1 saturated heterocycles.